The van der Waals surface area contributed by atoms with Gasteiger partial charge in [0.1, 0.15) is 4.90 Å². The van der Waals surface area contributed by atoms with E-state index in [9.17, 15) is 8.42 Å². The van der Waals surface area contributed by atoms with E-state index in [-0.39, 0.29) is 4.90 Å². The first-order valence-corrected chi connectivity index (χ1v) is 7.64. The standard InChI is InChI=1S/C12H22N4O2S/c1-4-16(3)8-7-15-11-6-5-10(13)9-12(11)19(17,18)14-2/h5-6,9,14-15H,4,7-8,13H2,1-3H3. The average molecular weight is 286 g/mol. The number of likely N-dealkylation sites (N-methyl/N-ethyl adjacent to an activating group) is 1. The summed E-state index contributed by atoms with van der Waals surface area (Å²) in [6.07, 6.45) is 0. The fourth-order valence-corrected chi connectivity index (χ4v) is 2.50. The molecule has 0 aliphatic rings. The lowest BCUT2D eigenvalue weighted by Crippen LogP contribution is -2.26. The maximum Gasteiger partial charge on any atom is 0.242 e. The molecule has 0 radical (unpaired) electrons. The third kappa shape index (κ3) is 4.38. The molecule has 0 atom stereocenters. The van der Waals surface area contributed by atoms with Crippen molar-refractivity contribution in [1.82, 2.24) is 9.62 Å². The average Bonchev–Trinajstić information content (AvgIpc) is 2.40. The highest BCUT2D eigenvalue weighted by atomic mass is 32.2. The van der Waals surface area contributed by atoms with Gasteiger partial charge in [0, 0.05) is 18.8 Å². The molecule has 1 aromatic carbocycles. The molecule has 0 aromatic heterocycles. The first kappa shape index (κ1) is 15.7. The number of nitrogens with one attached hydrogen (secondary N) is 2. The molecular weight excluding hydrogens is 264 g/mol. The Morgan fingerprint density at radius 3 is 2.63 bits per heavy atom. The Hall–Kier alpha value is -1.31. The highest BCUT2D eigenvalue weighted by Crippen LogP contribution is 2.23. The fourth-order valence-electron chi connectivity index (χ4n) is 1.56. The minimum absolute atomic E-state index is 0.175. The predicted molar refractivity (Wildman–Crippen MR) is 78.8 cm³/mol. The molecule has 0 fully saturated rings. The summed E-state index contributed by atoms with van der Waals surface area (Å²) in [5, 5.41) is 3.13. The second kappa shape index (κ2) is 6.74. The maximum atomic E-state index is 11.9. The van der Waals surface area contributed by atoms with Gasteiger partial charge in [0.15, 0.2) is 0 Å². The van der Waals surface area contributed by atoms with E-state index in [0.29, 0.717) is 17.9 Å². The summed E-state index contributed by atoms with van der Waals surface area (Å²) < 4.78 is 26.1. The van der Waals surface area contributed by atoms with Crippen LogP contribution in [0, 0.1) is 0 Å². The highest BCUT2D eigenvalue weighted by molar-refractivity contribution is 7.89. The normalized spacial score (nSPS) is 11.8. The zero-order valence-corrected chi connectivity index (χ0v) is 12.4. The number of rotatable bonds is 7. The van der Waals surface area contributed by atoms with Gasteiger partial charge in [-0.2, -0.15) is 0 Å². The van der Waals surface area contributed by atoms with Gasteiger partial charge in [-0.3, -0.25) is 0 Å². The quantitative estimate of drug-likeness (QED) is 0.637. The molecule has 1 rings (SSSR count). The van der Waals surface area contributed by atoms with Crippen LogP contribution in [0.15, 0.2) is 23.1 Å². The fraction of sp³-hybridized carbons (Fsp3) is 0.500. The number of anilines is 2. The number of hydrogen-bond acceptors (Lipinski definition) is 5. The van der Waals surface area contributed by atoms with Crippen molar-refractivity contribution in [3.63, 3.8) is 0 Å². The molecule has 6 nitrogen and oxygen atoms in total. The zero-order chi connectivity index (χ0) is 14.5. The Bertz CT molecular complexity index is 516. The molecule has 1 aromatic rings. The molecule has 7 heteroatoms. The number of benzene rings is 1. The van der Waals surface area contributed by atoms with Crippen LogP contribution in [-0.4, -0.2) is 47.0 Å². The van der Waals surface area contributed by atoms with Crippen molar-refractivity contribution in [2.24, 2.45) is 0 Å². The molecule has 0 saturated carbocycles. The van der Waals surface area contributed by atoms with Crippen LogP contribution in [0.2, 0.25) is 0 Å². The Morgan fingerprint density at radius 1 is 1.37 bits per heavy atom. The molecule has 0 spiro atoms. The summed E-state index contributed by atoms with van der Waals surface area (Å²) in [6, 6.07) is 4.82. The first-order chi connectivity index (χ1) is 8.90. The van der Waals surface area contributed by atoms with Gasteiger partial charge in [0.05, 0.1) is 5.69 Å². The van der Waals surface area contributed by atoms with Crippen LogP contribution in [-0.2, 0) is 10.0 Å². The molecule has 0 aliphatic carbocycles. The van der Waals surface area contributed by atoms with E-state index < -0.39 is 10.0 Å². The Morgan fingerprint density at radius 2 is 2.05 bits per heavy atom. The SMILES string of the molecule is CCN(C)CCNc1ccc(N)cc1S(=O)(=O)NC. The predicted octanol–water partition coefficient (Wildman–Crippen LogP) is 0.541. The van der Waals surface area contributed by atoms with E-state index in [1.54, 1.807) is 12.1 Å². The number of sulfonamides is 1. The maximum absolute atomic E-state index is 11.9. The molecule has 19 heavy (non-hydrogen) atoms. The largest absolute Gasteiger partial charge is 0.399 e. The van der Waals surface area contributed by atoms with E-state index in [1.807, 2.05) is 7.05 Å². The minimum atomic E-state index is -3.51. The van der Waals surface area contributed by atoms with Crippen LogP contribution in [0.25, 0.3) is 0 Å². The zero-order valence-electron chi connectivity index (χ0n) is 11.6. The summed E-state index contributed by atoms with van der Waals surface area (Å²) in [7, 11) is -0.122. The molecule has 0 aliphatic heterocycles. The van der Waals surface area contributed by atoms with Crippen molar-refractivity contribution in [3.8, 4) is 0 Å². The van der Waals surface area contributed by atoms with Gasteiger partial charge in [-0.05, 0) is 38.8 Å². The van der Waals surface area contributed by atoms with Gasteiger partial charge < -0.3 is 16.0 Å². The van der Waals surface area contributed by atoms with Crippen molar-refractivity contribution < 1.29 is 8.42 Å². The van der Waals surface area contributed by atoms with Crippen molar-refractivity contribution in [3.05, 3.63) is 18.2 Å². The van der Waals surface area contributed by atoms with Crippen LogP contribution in [0.5, 0.6) is 0 Å². The number of nitrogen functional groups attached to an aromatic ring is 1. The molecule has 0 bridgehead atoms. The van der Waals surface area contributed by atoms with E-state index in [1.165, 1.54) is 13.1 Å². The van der Waals surface area contributed by atoms with Crippen LogP contribution in [0.4, 0.5) is 11.4 Å². The summed E-state index contributed by atoms with van der Waals surface area (Å²) >= 11 is 0. The first-order valence-electron chi connectivity index (χ1n) is 6.16. The Balaban J connectivity index is 2.89. The van der Waals surface area contributed by atoms with E-state index >= 15 is 0 Å². The number of nitrogens with two attached hydrogens (primary N) is 1. The van der Waals surface area contributed by atoms with E-state index in [4.69, 9.17) is 5.73 Å². The van der Waals surface area contributed by atoms with Crippen LogP contribution in [0.3, 0.4) is 0 Å². The van der Waals surface area contributed by atoms with Crippen molar-refractivity contribution >= 4 is 21.4 Å². The lowest BCUT2D eigenvalue weighted by atomic mass is 10.3. The molecule has 0 saturated heterocycles. The molecule has 108 valence electrons. The molecule has 0 unspecified atom stereocenters. The summed E-state index contributed by atoms with van der Waals surface area (Å²) in [4.78, 5) is 2.31. The van der Waals surface area contributed by atoms with Crippen molar-refractivity contribution in [2.45, 2.75) is 11.8 Å². The van der Waals surface area contributed by atoms with Crippen molar-refractivity contribution in [1.29, 1.82) is 0 Å². The van der Waals surface area contributed by atoms with Gasteiger partial charge in [0.2, 0.25) is 10.0 Å². The summed E-state index contributed by atoms with van der Waals surface area (Å²) in [5.74, 6) is 0. The van der Waals surface area contributed by atoms with E-state index in [0.717, 1.165) is 13.1 Å². The smallest absolute Gasteiger partial charge is 0.242 e. The lowest BCUT2D eigenvalue weighted by Gasteiger charge is -2.16. The minimum Gasteiger partial charge on any atom is -0.399 e. The topological polar surface area (TPSA) is 87.5 Å². The number of nitrogens with zero attached hydrogens (tertiary/aromatic N) is 1. The Kier molecular flexibility index (Phi) is 5.59. The third-order valence-electron chi connectivity index (χ3n) is 2.91. The molecule has 0 heterocycles. The second-order valence-electron chi connectivity index (χ2n) is 4.29. The van der Waals surface area contributed by atoms with Gasteiger partial charge in [-0.15, -0.1) is 0 Å². The molecule has 4 N–H and O–H groups in total. The molecular formula is C12H22N4O2S. The van der Waals surface area contributed by atoms with Crippen LogP contribution < -0.4 is 15.8 Å². The highest BCUT2D eigenvalue weighted by Gasteiger charge is 2.16. The van der Waals surface area contributed by atoms with Gasteiger partial charge in [0.25, 0.3) is 0 Å². The lowest BCUT2D eigenvalue weighted by molar-refractivity contribution is 0.367. The molecule has 0 amide bonds. The summed E-state index contributed by atoms with van der Waals surface area (Å²) in [6.45, 7) is 4.52. The second-order valence-corrected chi connectivity index (χ2v) is 6.14. The third-order valence-corrected chi connectivity index (χ3v) is 4.37. The van der Waals surface area contributed by atoms with Gasteiger partial charge in [-0.1, -0.05) is 6.92 Å². The number of hydrogen-bond donors (Lipinski definition) is 3. The Labute approximate surface area is 115 Å². The van der Waals surface area contributed by atoms with E-state index in [2.05, 4.69) is 21.9 Å². The van der Waals surface area contributed by atoms with Crippen molar-refractivity contribution in [2.75, 3.05) is 44.8 Å². The van der Waals surface area contributed by atoms with Gasteiger partial charge >= 0.3 is 0 Å². The summed E-state index contributed by atoms with van der Waals surface area (Å²) in [5.41, 5.74) is 6.63. The van der Waals surface area contributed by atoms with Crippen LogP contribution in [0.1, 0.15) is 6.92 Å². The van der Waals surface area contributed by atoms with Gasteiger partial charge in [-0.25, -0.2) is 13.1 Å². The monoisotopic (exact) mass is 286 g/mol. The van der Waals surface area contributed by atoms with Crippen LogP contribution >= 0.6 is 0 Å².